The van der Waals surface area contributed by atoms with E-state index in [-0.39, 0.29) is 5.91 Å². The van der Waals surface area contributed by atoms with Crippen molar-refractivity contribution >= 4 is 21.8 Å². The van der Waals surface area contributed by atoms with E-state index >= 15 is 0 Å². The number of nitrogens with zero attached hydrogens (tertiary/aromatic N) is 3. The maximum atomic E-state index is 13.3. The average molecular weight is 471 g/mol. The molecule has 1 saturated heterocycles. The maximum absolute atomic E-state index is 13.3. The van der Waals surface area contributed by atoms with Gasteiger partial charge in [0.25, 0.3) is 5.91 Å². The van der Waals surface area contributed by atoms with Gasteiger partial charge in [0.1, 0.15) is 5.75 Å². The molecule has 0 saturated carbocycles. The van der Waals surface area contributed by atoms with Crippen molar-refractivity contribution in [3.05, 3.63) is 70.0 Å². The van der Waals surface area contributed by atoms with Gasteiger partial charge < -0.3 is 14.8 Å². The Morgan fingerprint density at radius 1 is 1.20 bits per heavy atom. The fraction of sp³-hybridized carbons (Fsp3) is 0.318. The number of rotatable bonds is 5. The summed E-state index contributed by atoms with van der Waals surface area (Å²) >= 11 is 3.54. The van der Waals surface area contributed by atoms with E-state index in [4.69, 9.17) is 9.47 Å². The molecular formula is C22H23BrN4O3. The molecule has 4 rings (SSSR count). The lowest BCUT2D eigenvalue weighted by Crippen LogP contribution is -2.49. The van der Waals surface area contributed by atoms with Crippen LogP contribution in [0.15, 0.2) is 53.0 Å². The molecule has 2 aromatic carbocycles. The van der Waals surface area contributed by atoms with Crippen molar-refractivity contribution in [2.75, 3.05) is 20.3 Å². The van der Waals surface area contributed by atoms with Gasteiger partial charge in [-0.25, -0.2) is 4.68 Å². The quantitative estimate of drug-likeness (QED) is 0.613. The number of amides is 1. The number of carbonyl (C=O) groups is 1. The summed E-state index contributed by atoms with van der Waals surface area (Å²) in [6, 6.07) is 15.5. The normalized spacial score (nSPS) is 15.6. The number of halogens is 1. The molecule has 0 aliphatic carbocycles. The van der Waals surface area contributed by atoms with Crippen molar-refractivity contribution in [2.24, 2.45) is 0 Å². The summed E-state index contributed by atoms with van der Waals surface area (Å²) in [5, 5.41) is 11.6. The number of carbonyl (C=O) groups excluding carboxylic acids is 1. The molecule has 3 aromatic rings. The Kier molecular flexibility index (Phi) is 5.87. The van der Waals surface area contributed by atoms with E-state index in [9.17, 15) is 4.79 Å². The van der Waals surface area contributed by atoms with Crippen molar-refractivity contribution in [1.29, 1.82) is 0 Å². The second-order valence-electron chi connectivity index (χ2n) is 7.30. The van der Waals surface area contributed by atoms with Crippen LogP contribution in [0.4, 0.5) is 0 Å². The lowest BCUT2D eigenvalue weighted by molar-refractivity contribution is 0.0343. The highest BCUT2D eigenvalue weighted by Gasteiger charge is 2.37. The van der Waals surface area contributed by atoms with Crippen LogP contribution in [0, 0.1) is 6.92 Å². The zero-order chi connectivity index (χ0) is 21.1. The summed E-state index contributed by atoms with van der Waals surface area (Å²) in [6.45, 7) is 3.01. The first kappa shape index (κ1) is 20.6. The number of benzene rings is 2. The van der Waals surface area contributed by atoms with Crippen molar-refractivity contribution in [1.82, 2.24) is 20.3 Å². The fourth-order valence-electron chi connectivity index (χ4n) is 3.79. The van der Waals surface area contributed by atoms with Crippen molar-refractivity contribution in [3.8, 4) is 11.4 Å². The van der Waals surface area contributed by atoms with E-state index in [1.54, 1.807) is 11.8 Å². The van der Waals surface area contributed by atoms with Crippen molar-refractivity contribution < 1.29 is 14.3 Å². The van der Waals surface area contributed by atoms with Crippen molar-refractivity contribution in [2.45, 2.75) is 25.3 Å². The predicted octanol–water partition coefficient (Wildman–Crippen LogP) is 3.78. The monoisotopic (exact) mass is 470 g/mol. The van der Waals surface area contributed by atoms with Crippen LogP contribution < -0.4 is 10.1 Å². The lowest BCUT2D eigenvalue weighted by Gasteiger charge is -2.38. The van der Waals surface area contributed by atoms with Crippen molar-refractivity contribution in [3.63, 3.8) is 0 Å². The van der Waals surface area contributed by atoms with E-state index in [0.717, 1.165) is 15.7 Å². The first-order valence-corrected chi connectivity index (χ1v) is 10.5. The number of hydrogen-bond donors (Lipinski definition) is 1. The van der Waals surface area contributed by atoms with Gasteiger partial charge in [0.2, 0.25) is 0 Å². The molecule has 1 aliphatic heterocycles. The number of hydrogen-bond acceptors (Lipinski definition) is 5. The second kappa shape index (κ2) is 8.57. The minimum Gasteiger partial charge on any atom is -0.497 e. The molecule has 0 atom stereocenters. The Hall–Kier alpha value is -2.71. The highest BCUT2D eigenvalue weighted by atomic mass is 79.9. The summed E-state index contributed by atoms with van der Waals surface area (Å²) in [6.07, 6.45) is 1.39. The average Bonchev–Trinajstić information content (AvgIpc) is 3.16. The third-order valence-electron chi connectivity index (χ3n) is 5.48. The summed E-state index contributed by atoms with van der Waals surface area (Å²) in [7, 11) is 1.61. The second-order valence-corrected chi connectivity index (χ2v) is 8.21. The highest BCUT2D eigenvalue weighted by Crippen LogP contribution is 2.34. The van der Waals surface area contributed by atoms with E-state index in [0.29, 0.717) is 43.2 Å². The summed E-state index contributed by atoms with van der Waals surface area (Å²) in [4.78, 5) is 13.3. The fourth-order valence-corrected chi connectivity index (χ4v) is 4.19. The Morgan fingerprint density at radius 2 is 1.97 bits per heavy atom. The van der Waals surface area contributed by atoms with Gasteiger partial charge in [0, 0.05) is 23.8 Å². The van der Waals surface area contributed by atoms with Crippen LogP contribution in [0.5, 0.6) is 5.75 Å². The summed E-state index contributed by atoms with van der Waals surface area (Å²) in [5.74, 6) is 0.465. The Bertz CT molecular complexity index is 1060. The topological polar surface area (TPSA) is 78.3 Å². The molecular weight excluding hydrogens is 448 g/mol. The molecule has 8 heteroatoms. The molecule has 1 amide bonds. The van der Waals surface area contributed by atoms with Crippen LogP contribution in [0.2, 0.25) is 0 Å². The summed E-state index contributed by atoms with van der Waals surface area (Å²) in [5.41, 5.74) is 2.29. The number of methoxy groups -OCH3 is 1. The van der Waals surface area contributed by atoms with Gasteiger partial charge in [-0.1, -0.05) is 39.3 Å². The molecule has 1 N–H and O–H groups in total. The predicted molar refractivity (Wildman–Crippen MR) is 116 cm³/mol. The Morgan fingerprint density at radius 3 is 2.70 bits per heavy atom. The van der Waals surface area contributed by atoms with E-state index in [1.165, 1.54) is 0 Å². The zero-order valence-electron chi connectivity index (χ0n) is 16.9. The Balaban J connectivity index is 1.64. The maximum Gasteiger partial charge on any atom is 0.274 e. The molecule has 0 bridgehead atoms. The number of nitrogens with one attached hydrogen (secondary N) is 1. The Labute approximate surface area is 183 Å². The SMILES string of the molecule is COc1cccc(-n2nnc(C(=O)NC3(c4cccc(Br)c4)CCOCC3)c2C)c1. The largest absolute Gasteiger partial charge is 0.497 e. The number of ether oxygens (including phenoxy) is 2. The van der Waals surface area contributed by atoms with Gasteiger partial charge in [-0.2, -0.15) is 0 Å². The molecule has 1 fully saturated rings. The zero-order valence-corrected chi connectivity index (χ0v) is 18.5. The van der Waals surface area contributed by atoms with Gasteiger partial charge in [-0.05, 0) is 49.6 Å². The van der Waals surface area contributed by atoms with Gasteiger partial charge in [-0.3, -0.25) is 4.79 Å². The smallest absolute Gasteiger partial charge is 0.274 e. The molecule has 1 aromatic heterocycles. The van der Waals surface area contributed by atoms with E-state index in [1.807, 2.05) is 55.5 Å². The van der Waals surface area contributed by atoms with Crippen LogP contribution in [-0.4, -0.2) is 41.2 Å². The van der Waals surface area contributed by atoms with Crippen LogP contribution in [0.1, 0.15) is 34.6 Å². The third kappa shape index (κ3) is 3.97. The number of aromatic nitrogens is 3. The van der Waals surface area contributed by atoms with Crippen LogP contribution in [0.25, 0.3) is 5.69 Å². The van der Waals surface area contributed by atoms with Crippen LogP contribution in [-0.2, 0) is 10.3 Å². The molecule has 0 spiro atoms. The van der Waals surface area contributed by atoms with Gasteiger partial charge in [0.15, 0.2) is 5.69 Å². The molecule has 7 nitrogen and oxygen atoms in total. The molecule has 1 aliphatic rings. The minimum absolute atomic E-state index is 0.247. The minimum atomic E-state index is -0.509. The first-order chi connectivity index (χ1) is 14.5. The van der Waals surface area contributed by atoms with E-state index < -0.39 is 5.54 Å². The molecule has 0 radical (unpaired) electrons. The van der Waals surface area contributed by atoms with Gasteiger partial charge in [0.05, 0.1) is 24.0 Å². The molecule has 156 valence electrons. The summed E-state index contributed by atoms with van der Waals surface area (Å²) < 4.78 is 13.5. The molecule has 0 unspecified atom stereocenters. The van der Waals surface area contributed by atoms with Gasteiger partial charge in [-0.15, -0.1) is 5.10 Å². The van der Waals surface area contributed by atoms with Crippen LogP contribution >= 0.6 is 15.9 Å². The highest BCUT2D eigenvalue weighted by molar-refractivity contribution is 9.10. The molecule has 2 heterocycles. The third-order valence-corrected chi connectivity index (χ3v) is 5.98. The van der Waals surface area contributed by atoms with E-state index in [2.05, 4.69) is 31.6 Å². The van der Waals surface area contributed by atoms with Gasteiger partial charge >= 0.3 is 0 Å². The molecule has 30 heavy (non-hydrogen) atoms. The van der Waals surface area contributed by atoms with Crippen LogP contribution in [0.3, 0.4) is 0 Å². The lowest BCUT2D eigenvalue weighted by atomic mass is 9.82. The first-order valence-electron chi connectivity index (χ1n) is 9.75. The standard InChI is InChI=1S/C22H23BrN4O3/c1-15-20(25-26-27(15)18-7-4-8-19(14-18)29-2)21(28)24-22(9-11-30-12-10-22)16-5-3-6-17(23)13-16/h3-8,13-14H,9-12H2,1-2H3,(H,24,28).